The molecule has 2 atom stereocenters. The molecule has 0 saturated heterocycles. The van der Waals surface area contributed by atoms with Crippen molar-refractivity contribution in [3.05, 3.63) is 36.5 Å². The van der Waals surface area contributed by atoms with Crippen molar-refractivity contribution >= 4 is 19.8 Å². The summed E-state index contributed by atoms with van der Waals surface area (Å²) < 4.78 is 33.9. The minimum Gasteiger partial charge on any atom is -0.756 e. The summed E-state index contributed by atoms with van der Waals surface area (Å²) in [7, 11) is 1.15. The lowest BCUT2D eigenvalue weighted by molar-refractivity contribution is -0.870. The Morgan fingerprint density at radius 1 is 0.552 bits per heavy atom. The normalized spacial score (nSPS) is 13.8. The van der Waals surface area contributed by atoms with E-state index >= 15 is 0 Å². The number of carbonyl (C=O) groups excluding carboxylic acids is 2. The van der Waals surface area contributed by atoms with E-state index in [1.165, 1.54) is 116 Å². The Labute approximate surface area is 357 Å². The first-order valence-electron chi connectivity index (χ1n) is 23.7. The molecular weight excluding hydrogens is 750 g/mol. The minimum absolute atomic E-state index is 0.0345. The largest absolute Gasteiger partial charge is 0.756 e. The Morgan fingerprint density at radius 2 is 0.983 bits per heavy atom. The molecule has 0 aromatic carbocycles. The monoisotopic (exact) mass is 840 g/mol. The highest BCUT2D eigenvalue weighted by molar-refractivity contribution is 7.45. The summed E-state index contributed by atoms with van der Waals surface area (Å²) in [6.07, 6.45) is 46.1. The fourth-order valence-electron chi connectivity index (χ4n) is 6.54. The van der Waals surface area contributed by atoms with Crippen LogP contribution < -0.4 is 4.89 Å². The zero-order chi connectivity index (χ0) is 42.8. The highest BCUT2D eigenvalue weighted by Crippen LogP contribution is 2.38. The van der Waals surface area contributed by atoms with E-state index in [1.54, 1.807) is 0 Å². The lowest BCUT2D eigenvalue weighted by Crippen LogP contribution is -2.37. The summed E-state index contributed by atoms with van der Waals surface area (Å²) in [5, 5.41) is 0. The maximum Gasteiger partial charge on any atom is 0.306 e. The molecule has 340 valence electrons. The molecule has 9 nitrogen and oxygen atoms in total. The molecule has 0 fully saturated rings. The van der Waals surface area contributed by atoms with E-state index in [9.17, 15) is 19.0 Å². The van der Waals surface area contributed by atoms with Crippen molar-refractivity contribution in [2.24, 2.45) is 0 Å². The number of hydrogen-bond donors (Lipinski definition) is 0. The third-order valence-corrected chi connectivity index (χ3v) is 11.2. The summed E-state index contributed by atoms with van der Waals surface area (Å²) in [6, 6.07) is 0. The molecule has 0 saturated carbocycles. The zero-order valence-electron chi connectivity index (χ0n) is 38.2. The first kappa shape index (κ1) is 56.2. The van der Waals surface area contributed by atoms with Gasteiger partial charge in [0.25, 0.3) is 7.82 Å². The number of quaternary nitrogens is 1. The summed E-state index contributed by atoms with van der Waals surface area (Å²) in [5.74, 6) is -0.852. The SMILES string of the molecule is CC/C=C/C=C/C=C/CCCCCCCC(=O)OC(COC(=O)CCCCCCCCCCCCCCCCCCCCCCC)COP(=O)([O-])OCC[N+](C)(C)C. The van der Waals surface area contributed by atoms with Crippen LogP contribution in [0.5, 0.6) is 0 Å². The third-order valence-electron chi connectivity index (χ3n) is 10.2. The second-order valence-electron chi connectivity index (χ2n) is 17.2. The molecule has 10 heteroatoms. The van der Waals surface area contributed by atoms with Crippen molar-refractivity contribution in [1.82, 2.24) is 0 Å². The van der Waals surface area contributed by atoms with Crippen molar-refractivity contribution in [3.63, 3.8) is 0 Å². The van der Waals surface area contributed by atoms with E-state index < -0.39 is 26.5 Å². The number of esters is 2. The predicted octanol–water partition coefficient (Wildman–Crippen LogP) is 13.1. The maximum absolute atomic E-state index is 12.7. The van der Waals surface area contributed by atoms with Gasteiger partial charge in [-0.3, -0.25) is 14.2 Å². The number of phosphoric acid groups is 1. The fraction of sp³-hybridized carbons (Fsp3) is 0.833. The topological polar surface area (TPSA) is 111 Å². The number of hydrogen-bond acceptors (Lipinski definition) is 8. The number of ether oxygens (including phenoxy) is 2. The van der Waals surface area contributed by atoms with Crippen LogP contribution in [0.4, 0.5) is 0 Å². The Hall–Kier alpha value is -1.77. The fourth-order valence-corrected chi connectivity index (χ4v) is 7.27. The molecule has 0 bridgehead atoms. The Kier molecular flexibility index (Phi) is 39.4. The van der Waals surface area contributed by atoms with Crippen LogP contribution in [0.1, 0.15) is 206 Å². The number of allylic oxidation sites excluding steroid dienone is 6. The van der Waals surface area contributed by atoms with Gasteiger partial charge < -0.3 is 27.9 Å². The number of unbranched alkanes of at least 4 members (excludes halogenated alkanes) is 25. The van der Waals surface area contributed by atoms with E-state index in [4.69, 9.17) is 18.5 Å². The van der Waals surface area contributed by atoms with E-state index in [2.05, 4.69) is 32.1 Å². The van der Waals surface area contributed by atoms with E-state index in [1.807, 2.05) is 39.4 Å². The first-order chi connectivity index (χ1) is 28.0. The highest BCUT2D eigenvalue weighted by atomic mass is 31.2. The van der Waals surface area contributed by atoms with Crippen LogP contribution in [0, 0.1) is 0 Å². The van der Waals surface area contributed by atoms with Gasteiger partial charge >= 0.3 is 11.9 Å². The summed E-state index contributed by atoms with van der Waals surface area (Å²) in [4.78, 5) is 37.6. The third kappa shape index (κ3) is 43.8. The quantitative estimate of drug-likeness (QED) is 0.0196. The van der Waals surface area contributed by atoms with Crippen molar-refractivity contribution in [1.29, 1.82) is 0 Å². The average molecular weight is 840 g/mol. The van der Waals surface area contributed by atoms with Gasteiger partial charge in [-0.25, -0.2) is 0 Å². The van der Waals surface area contributed by atoms with E-state index in [0.29, 0.717) is 17.4 Å². The van der Waals surface area contributed by atoms with E-state index in [0.717, 1.165) is 57.8 Å². The standard InChI is InChI=1S/C48H90NO8P/c1-6-8-10-12-14-16-18-20-21-22-23-24-25-26-27-29-30-32-34-36-38-40-47(50)54-44-46(45-56-58(52,53)55-43-42-49(3,4)5)57-48(51)41-39-37-35-33-31-28-19-17-15-13-11-9-7-2/h9,11,13,15,17,19,46H,6-8,10,12,14,16,18,20-45H2,1-5H3/b11-9+,15-13+,19-17+. The van der Waals surface area contributed by atoms with Crippen molar-refractivity contribution in [2.45, 2.75) is 213 Å². The Bertz CT molecular complexity index is 1090. The molecule has 0 aliphatic rings. The second kappa shape index (κ2) is 40.6. The molecule has 0 aromatic heterocycles. The molecule has 0 aliphatic heterocycles. The van der Waals surface area contributed by atoms with Gasteiger partial charge in [-0.1, -0.05) is 198 Å². The lowest BCUT2D eigenvalue weighted by atomic mass is 10.0. The Balaban J connectivity index is 4.23. The van der Waals surface area contributed by atoms with Gasteiger partial charge in [0, 0.05) is 12.8 Å². The molecule has 0 heterocycles. The first-order valence-corrected chi connectivity index (χ1v) is 25.2. The highest BCUT2D eigenvalue weighted by Gasteiger charge is 2.21. The van der Waals surface area contributed by atoms with E-state index in [-0.39, 0.29) is 32.0 Å². The molecule has 0 aliphatic carbocycles. The van der Waals surface area contributed by atoms with Gasteiger partial charge in [0.15, 0.2) is 6.10 Å². The molecular formula is C48H90NO8P. The molecule has 0 aromatic rings. The van der Waals surface area contributed by atoms with Crippen molar-refractivity contribution in [2.75, 3.05) is 47.5 Å². The van der Waals surface area contributed by atoms with Gasteiger partial charge in [-0.15, -0.1) is 0 Å². The second-order valence-corrected chi connectivity index (χ2v) is 18.6. The van der Waals surface area contributed by atoms with Gasteiger partial charge in [0.1, 0.15) is 19.8 Å². The van der Waals surface area contributed by atoms with Crippen LogP contribution in [0.2, 0.25) is 0 Å². The number of phosphoric ester groups is 1. The van der Waals surface area contributed by atoms with Crippen LogP contribution in [0.25, 0.3) is 0 Å². The lowest BCUT2D eigenvalue weighted by Gasteiger charge is -2.28. The number of likely N-dealkylation sites (N-methyl/N-ethyl adjacent to an activating group) is 1. The molecule has 0 spiro atoms. The van der Waals surface area contributed by atoms with Gasteiger partial charge in [0.2, 0.25) is 0 Å². The molecule has 58 heavy (non-hydrogen) atoms. The summed E-state index contributed by atoms with van der Waals surface area (Å²) in [5.41, 5.74) is 0. The van der Waals surface area contributed by atoms with Crippen LogP contribution in [-0.2, 0) is 32.7 Å². The molecule has 0 rings (SSSR count). The molecule has 2 unspecified atom stereocenters. The van der Waals surface area contributed by atoms with Crippen LogP contribution in [0.3, 0.4) is 0 Å². The minimum atomic E-state index is -4.63. The predicted molar refractivity (Wildman–Crippen MR) is 241 cm³/mol. The van der Waals surface area contributed by atoms with Gasteiger partial charge in [-0.05, 0) is 32.1 Å². The Morgan fingerprint density at radius 3 is 1.45 bits per heavy atom. The summed E-state index contributed by atoms with van der Waals surface area (Å²) >= 11 is 0. The number of nitrogens with zero attached hydrogens (tertiary/aromatic N) is 1. The van der Waals surface area contributed by atoms with Crippen LogP contribution in [0.15, 0.2) is 36.5 Å². The smallest absolute Gasteiger partial charge is 0.306 e. The molecule has 0 amide bonds. The average Bonchev–Trinajstić information content (AvgIpc) is 3.17. The molecule has 0 N–H and O–H groups in total. The van der Waals surface area contributed by atoms with Crippen molar-refractivity contribution in [3.8, 4) is 0 Å². The maximum atomic E-state index is 12.7. The number of rotatable bonds is 43. The zero-order valence-corrected chi connectivity index (χ0v) is 39.1. The van der Waals surface area contributed by atoms with Gasteiger partial charge in [0.05, 0.1) is 27.7 Å². The van der Waals surface area contributed by atoms with Crippen LogP contribution in [-0.4, -0.2) is 70.0 Å². The summed E-state index contributed by atoms with van der Waals surface area (Å²) in [6.45, 7) is 4.09. The van der Waals surface area contributed by atoms with Crippen LogP contribution >= 0.6 is 7.82 Å². The van der Waals surface area contributed by atoms with Crippen molar-refractivity contribution < 1.29 is 42.1 Å². The molecule has 0 radical (unpaired) electrons. The van der Waals surface area contributed by atoms with Gasteiger partial charge in [-0.2, -0.15) is 0 Å². The number of carbonyl (C=O) groups is 2.